The van der Waals surface area contributed by atoms with Gasteiger partial charge in [0.15, 0.2) is 11.5 Å². The highest BCUT2D eigenvalue weighted by molar-refractivity contribution is 5.72. The minimum Gasteiger partial charge on any atom is -0.465 e. The summed E-state index contributed by atoms with van der Waals surface area (Å²) in [6, 6.07) is 8.43. The first-order valence-corrected chi connectivity index (χ1v) is 12.2. The molecule has 7 nitrogen and oxygen atoms in total. The van der Waals surface area contributed by atoms with Gasteiger partial charge in [-0.3, -0.25) is 0 Å². The Balaban J connectivity index is 1.21. The van der Waals surface area contributed by atoms with Crippen molar-refractivity contribution in [2.24, 2.45) is 5.41 Å². The standard InChI is InChI=1S/C26H33FN4O3/c1-24(2,27)22-29-21(30-34-22)26-11-8-25(9-12-26,10-13-26)17-28-20-5-3-4-19(16-20)18-6-14-31(15-7-18)23(32)33/h3-6,16,28H,7-15,17H2,1-2H3,(H,32,33). The monoisotopic (exact) mass is 468 g/mol. The molecule has 0 saturated heterocycles. The highest BCUT2D eigenvalue weighted by Crippen LogP contribution is 2.57. The number of benzene rings is 1. The van der Waals surface area contributed by atoms with Gasteiger partial charge in [-0.1, -0.05) is 23.4 Å². The molecule has 4 aliphatic rings. The highest BCUT2D eigenvalue weighted by atomic mass is 19.1. The molecule has 34 heavy (non-hydrogen) atoms. The molecular formula is C26H33FN4O3. The van der Waals surface area contributed by atoms with Crippen molar-refractivity contribution < 1.29 is 18.8 Å². The van der Waals surface area contributed by atoms with Crippen LogP contribution < -0.4 is 5.32 Å². The van der Waals surface area contributed by atoms with Crippen molar-refractivity contribution in [1.29, 1.82) is 0 Å². The normalized spacial score (nSPS) is 26.9. The molecule has 1 aromatic heterocycles. The molecule has 3 aliphatic carbocycles. The van der Waals surface area contributed by atoms with Crippen LogP contribution >= 0.6 is 0 Å². The molecule has 6 rings (SSSR count). The second-order valence-corrected chi connectivity index (χ2v) is 10.8. The van der Waals surface area contributed by atoms with E-state index in [1.54, 1.807) is 0 Å². The molecule has 1 aliphatic heterocycles. The number of hydrogen-bond donors (Lipinski definition) is 2. The maximum absolute atomic E-state index is 14.2. The van der Waals surface area contributed by atoms with Crippen LogP contribution in [0.25, 0.3) is 5.57 Å². The van der Waals surface area contributed by atoms with Gasteiger partial charge in [-0.05, 0) is 87.5 Å². The van der Waals surface area contributed by atoms with E-state index in [1.165, 1.54) is 24.3 Å². The number of aromatic nitrogens is 2. The summed E-state index contributed by atoms with van der Waals surface area (Å²) in [5.41, 5.74) is 2.03. The van der Waals surface area contributed by atoms with E-state index in [4.69, 9.17) is 9.63 Å². The summed E-state index contributed by atoms with van der Waals surface area (Å²) >= 11 is 0. The number of carboxylic acid groups (broad SMARTS) is 1. The minimum atomic E-state index is -1.61. The topological polar surface area (TPSA) is 91.5 Å². The zero-order chi connectivity index (χ0) is 24.0. The summed E-state index contributed by atoms with van der Waals surface area (Å²) in [5.74, 6) is 0.758. The van der Waals surface area contributed by atoms with E-state index in [9.17, 15) is 9.18 Å². The van der Waals surface area contributed by atoms with Gasteiger partial charge in [0, 0.05) is 30.7 Å². The Bertz CT molecular complexity index is 1080. The minimum absolute atomic E-state index is 0.0737. The summed E-state index contributed by atoms with van der Waals surface area (Å²) in [7, 11) is 0. The number of halogens is 1. The first kappa shape index (κ1) is 22.9. The third-order valence-corrected chi connectivity index (χ3v) is 8.19. The fourth-order valence-electron chi connectivity index (χ4n) is 5.77. The van der Waals surface area contributed by atoms with Gasteiger partial charge >= 0.3 is 6.09 Å². The van der Waals surface area contributed by atoms with Crippen LogP contribution in [0.2, 0.25) is 0 Å². The predicted octanol–water partition coefficient (Wildman–Crippen LogP) is 5.75. The third-order valence-electron chi connectivity index (χ3n) is 8.19. The number of hydrogen-bond acceptors (Lipinski definition) is 5. The van der Waals surface area contributed by atoms with E-state index in [0.29, 0.717) is 18.9 Å². The largest absolute Gasteiger partial charge is 0.465 e. The van der Waals surface area contributed by atoms with Crippen LogP contribution in [0.15, 0.2) is 34.9 Å². The van der Waals surface area contributed by atoms with Crippen LogP contribution in [0.1, 0.15) is 76.1 Å². The highest BCUT2D eigenvalue weighted by Gasteiger charge is 2.51. The van der Waals surface area contributed by atoms with Crippen molar-refractivity contribution in [2.75, 3.05) is 25.0 Å². The molecule has 2 N–H and O–H groups in total. The average molecular weight is 469 g/mol. The van der Waals surface area contributed by atoms with Crippen molar-refractivity contribution in [3.63, 3.8) is 0 Å². The number of nitrogens with one attached hydrogen (secondary N) is 1. The van der Waals surface area contributed by atoms with Gasteiger partial charge in [-0.2, -0.15) is 4.98 Å². The fraction of sp³-hybridized carbons (Fsp3) is 0.577. The summed E-state index contributed by atoms with van der Waals surface area (Å²) in [6.45, 7) is 4.80. The van der Waals surface area contributed by atoms with Crippen molar-refractivity contribution in [2.45, 2.75) is 69.9 Å². The fourth-order valence-corrected chi connectivity index (χ4v) is 5.77. The molecule has 182 valence electrons. The van der Waals surface area contributed by atoms with Gasteiger partial charge < -0.3 is 19.8 Å². The maximum Gasteiger partial charge on any atom is 0.407 e. The number of amides is 1. The predicted molar refractivity (Wildman–Crippen MR) is 127 cm³/mol. The number of nitrogens with zero attached hydrogens (tertiary/aromatic N) is 3. The number of anilines is 1. The van der Waals surface area contributed by atoms with Crippen molar-refractivity contribution in [3.8, 4) is 0 Å². The Morgan fingerprint density at radius 2 is 1.97 bits per heavy atom. The second-order valence-electron chi connectivity index (χ2n) is 10.8. The SMILES string of the molecule is CC(C)(F)c1nc(C23CCC(CNc4cccc(C5=CCN(C(=O)O)CC5)c4)(CC2)CC3)no1. The zero-order valence-electron chi connectivity index (χ0n) is 19.9. The van der Waals surface area contributed by atoms with E-state index < -0.39 is 11.8 Å². The van der Waals surface area contributed by atoms with Gasteiger partial charge in [-0.25, -0.2) is 9.18 Å². The van der Waals surface area contributed by atoms with E-state index in [1.807, 2.05) is 6.08 Å². The lowest BCUT2D eigenvalue weighted by Gasteiger charge is -2.52. The molecule has 3 saturated carbocycles. The molecule has 1 amide bonds. The van der Waals surface area contributed by atoms with Crippen LogP contribution in [-0.2, 0) is 11.1 Å². The molecule has 2 heterocycles. The van der Waals surface area contributed by atoms with E-state index in [-0.39, 0.29) is 16.7 Å². The van der Waals surface area contributed by atoms with Crippen molar-refractivity contribution in [1.82, 2.24) is 15.0 Å². The van der Waals surface area contributed by atoms with Crippen LogP contribution in [0.3, 0.4) is 0 Å². The van der Waals surface area contributed by atoms with Crippen LogP contribution in [0, 0.1) is 5.41 Å². The van der Waals surface area contributed by atoms with E-state index in [2.05, 4.69) is 39.7 Å². The molecular weight excluding hydrogens is 435 g/mol. The van der Waals surface area contributed by atoms with Crippen LogP contribution in [0.5, 0.6) is 0 Å². The molecule has 0 atom stereocenters. The maximum atomic E-state index is 14.2. The van der Waals surface area contributed by atoms with Crippen LogP contribution in [-0.4, -0.2) is 45.9 Å². The third kappa shape index (κ3) is 4.30. The lowest BCUT2D eigenvalue weighted by atomic mass is 9.53. The molecule has 0 radical (unpaired) electrons. The molecule has 1 aromatic carbocycles. The Labute approximate surface area is 199 Å². The Morgan fingerprint density at radius 1 is 1.24 bits per heavy atom. The average Bonchev–Trinajstić information content (AvgIpc) is 3.36. The summed E-state index contributed by atoms with van der Waals surface area (Å²) < 4.78 is 19.5. The number of carbonyl (C=O) groups is 1. The molecule has 2 aromatic rings. The summed E-state index contributed by atoms with van der Waals surface area (Å²) in [6.07, 6.45) is 8.20. The van der Waals surface area contributed by atoms with E-state index in [0.717, 1.165) is 62.7 Å². The quantitative estimate of drug-likeness (QED) is 0.561. The Kier molecular flexibility index (Phi) is 5.65. The summed E-state index contributed by atoms with van der Waals surface area (Å²) in [4.78, 5) is 17.0. The van der Waals surface area contributed by atoms with Gasteiger partial charge in [0.2, 0.25) is 0 Å². The number of alkyl halides is 1. The van der Waals surface area contributed by atoms with E-state index >= 15 is 0 Å². The number of rotatable bonds is 6. The smallest absolute Gasteiger partial charge is 0.407 e. The number of fused-ring (bicyclic) bond motifs is 3. The van der Waals surface area contributed by atoms with Crippen molar-refractivity contribution in [3.05, 3.63) is 47.6 Å². The zero-order valence-corrected chi connectivity index (χ0v) is 19.9. The van der Waals surface area contributed by atoms with Gasteiger partial charge in [0.25, 0.3) is 5.89 Å². The first-order valence-electron chi connectivity index (χ1n) is 12.2. The lowest BCUT2D eigenvalue weighted by molar-refractivity contribution is 0.0445. The molecule has 0 spiro atoms. The molecule has 3 fully saturated rings. The molecule has 8 heteroatoms. The van der Waals surface area contributed by atoms with Crippen LogP contribution in [0.4, 0.5) is 14.9 Å². The molecule has 2 bridgehead atoms. The van der Waals surface area contributed by atoms with Crippen molar-refractivity contribution >= 4 is 17.4 Å². The second kappa shape index (κ2) is 8.40. The Hall–Kier alpha value is -2.90. The van der Waals surface area contributed by atoms with Gasteiger partial charge in [-0.15, -0.1) is 0 Å². The summed E-state index contributed by atoms with van der Waals surface area (Å²) in [5, 5.41) is 17.0. The lowest BCUT2D eigenvalue weighted by Crippen LogP contribution is -2.47. The Morgan fingerprint density at radius 3 is 2.56 bits per heavy atom. The van der Waals surface area contributed by atoms with Gasteiger partial charge in [0.1, 0.15) is 0 Å². The molecule has 0 unspecified atom stereocenters. The first-order chi connectivity index (χ1) is 16.2. The van der Waals surface area contributed by atoms with Gasteiger partial charge in [0.05, 0.1) is 0 Å².